The normalized spacial score (nSPS) is 12.6. The van der Waals surface area contributed by atoms with Gasteiger partial charge in [0.05, 0.1) is 20.6 Å². The number of benzene rings is 2. The van der Waals surface area contributed by atoms with E-state index in [4.69, 9.17) is 9.47 Å². The van der Waals surface area contributed by atoms with Crippen molar-refractivity contribution in [2.45, 2.75) is 25.8 Å². The molecule has 0 heterocycles. The van der Waals surface area contributed by atoms with Gasteiger partial charge in [0.15, 0.2) is 11.3 Å². The maximum absolute atomic E-state index is 12.6. The third-order valence-corrected chi connectivity index (χ3v) is 4.52. The van der Waals surface area contributed by atoms with Crippen molar-refractivity contribution in [2.24, 2.45) is 0 Å². The Morgan fingerprint density at radius 1 is 1.04 bits per heavy atom. The van der Waals surface area contributed by atoms with Gasteiger partial charge in [-0.1, -0.05) is 12.1 Å². The van der Waals surface area contributed by atoms with Crippen molar-refractivity contribution in [3.63, 3.8) is 0 Å². The Kier molecular flexibility index (Phi) is 6.41. The summed E-state index contributed by atoms with van der Waals surface area (Å²) in [6.45, 7) is 2.84. The molecule has 0 radical (unpaired) electrons. The van der Waals surface area contributed by atoms with Crippen molar-refractivity contribution in [3.8, 4) is 11.5 Å². The van der Waals surface area contributed by atoms with E-state index in [1.54, 1.807) is 42.5 Å². The van der Waals surface area contributed by atoms with Gasteiger partial charge in [0.25, 0.3) is 0 Å². The summed E-state index contributed by atoms with van der Waals surface area (Å²) < 4.78 is 10.3. The molecule has 0 aliphatic rings. The molecule has 1 amide bonds. The fraction of sp³-hybridized carbons (Fsp3) is 0.286. The molecule has 0 bridgehead atoms. The van der Waals surface area contributed by atoms with Crippen LogP contribution in [0.3, 0.4) is 0 Å². The Morgan fingerprint density at radius 2 is 1.68 bits per heavy atom. The minimum absolute atomic E-state index is 0.136. The molecule has 0 unspecified atom stereocenters. The summed E-state index contributed by atoms with van der Waals surface area (Å²) in [6.07, 6.45) is -0.136. The van der Waals surface area contributed by atoms with Crippen LogP contribution in [0.5, 0.6) is 11.5 Å². The molecule has 148 valence electrons. The molecule has 2 aromatic carbocycles. The summed E-state index contributed by atoms with van der Waals surface area (Å²) in [6, 6.07) is 11.2. The van der Waals surface area contributed by atoms with Crippen LogP contribution in [0.2, 0.25) is 0 Å². The number of ether oxygens (including phenoxy) is 2. The maximum Gasteiger partial charge on any atom is 0.333 e. The summed E-state index contributed by atoms with van der Waals surface area (Å²) in [5.41, 5.74) is -0.289. The maximum atomic E-state index is 12.6. The Labute approximate surface area is 163 Å². The molecule has 0 aliphatic carbocycles. The number of carboxylic acids is 1. The number of nitrogens with one attached hydrogen (secondary N) is 1. The molecule has 0 saturated carbocycles. The van der Waals surface area contributed by atoms with Gasteiger partial charge >= 0.3 is 5.97 Å². The van der Waals surface area contributed by atoms with Gasteiger partial charge < -0.3 is 19.9 Å². The average Bonchev–Trinajstić information content (AvgIpc) is 2.67. The lowest BCUT2D eigenvalue weighted by molar-refractivity contribution is -0.147. The lowest BCUT2D eigenvalue weighted by atomic mass is 9.91. The quantitative estimate of drug-likeness (QED) is 0.677. The first-order valence-electron chi connectivity index (χ1n) is 8.58. The molecule has 0 saturated heterocycles. The van der Waals surface area contributed by atoms with Gasteiger partial charge in [-0.2, -0.15) is 0 Å². The highest BCUT2D eigenvalue weighted by atomic mass is 16.5. The first kappa shape index (κ1) is 21.0. The zero-order valence-electron chi connectivity index (χ0n) is 16.2. The highest BCUT2D eigenvalue weighted by Crippen LogP contribution is 2.25. The third-order valence-electron chi connectivity index (χ3n) is 4.52. The molecule has 0 aliphatic heterocycles. The summed E-state index contributed by atoms with van der Waals surface area (Å²) in [5, 5.41) is 12.3. The van der Waals surface area contributed by atoms with Crippen LogP contribution in [-0.2, 0) is 21.5 Å². The number of carbonyl (C=O) groups excluding carboxylic acids is 2. The molecule has 0 aromatic heterocycles. The first-order chi connectivity index (χ1) is 13.2. The lowest BCUT2D eigenvalue weighted by Crippen LogP contribution is -2.50. The number of Topliss-reactive ketones (excluding diaryl/α,β-unsaturated/α-hetero) is 1. The predicted molar refractivity (Wildman–Crippen MR) is 103 cm³/mol. The highest BCUT2D eigenvalue weighted by Gasteiger charge is 2.37. The number of hydrogen-bond acceptors (Lipinski definition) is 5. The summed E-state index contributed by atoms with van der Waals surface area (Å²) in [5.74, 6) is -0.830. The van der Waals surface area contributed by atoms with Crippen LogP contribution in [0.1, 0.15) is 35.3 Å². The largest absolute Gasteiger partial charge is 0.497 e. The first-order valence-corrected chi connectivity index (χ1v) is 8.58. The summed E-state index contributed by atoms with van der Waals surface area (Å²) in [7, 11) is 2.97. The number of rotatable bonds is 8. The Hall–Kier alpha value is -3.35. The monoisotopic (exact) mass is 385 g/mol. The van der Waals surface area contributed by atoms with Crippen LogP contribution in [0.15, 0.2) is 42.5 Å². The number of hydrogen-bond donors (Lipinski definition) is 2. The van der Waals surface area contributed by atoms with Gasteiger partial charge in [0.1, 0.15) is 11.5 Å². The van der Waals surface area contributed by atoms with Crippen molar-refractivity contribution in [3.05, 3.63) is 59.2 Å². The molecule has 2 aromatic rings. The molecule has 2 N–H and O–H groups in total. The van der Waals surface area contributed by atoms with Crippen molar-refractivity contribution in [1.29, 1.82) is 0 Å². The van der Waals surface area contributed by atoms with E-state index < -0.39 is 17.4 Å². The van der Waals surface area contributed by atoms with Crippen molar-refractivity contribution < 1.29 is 29.0 Å². The number of amides is 1. The van der Waals surface area contributed by atoms with E-state index in [2.05, 4.69) is 5.32 Å². The SMILES string of the molecule is COc1ccc([C@@](C)(NC(=O)Cc2cc(C(C)=O)ccc2OC)C(=O)O)cc1. The van der Waals surface area contributed by atoms with E-state index in [0.717, 1.165) is 0 Å². The summed E-state index contributed by atoms with van der Waals surface area (Å²) >= 11 is 0. The van der Waals surface area contributed by atoms with Crippen molar-refractivity contribution >= 4 is 17.7 Å². The Balaban J connectivity index is 2.29. The molecule has 1 atom stereocenters. The molecule has 28 heavy (non-hydrogen) atoms. The van der Waals surface area contributed by atoms with E-state index in [9.17, 15) is 19.5 Å². The van der Waals surface area contributed by atoms with Gasteiger partial charge in [0.2, 0.25) is 5.91 Å². The van der Waals surface area contributed by atoms with Gasteiger partial charge in [0, 0.05) is 11.1 Å². The second-order valence-electron chi connectivity index (χ2n) is 6.47. The summed E-state index contributed by atoms with van der Waals surface area (Å²) in [4.78, 5) is 36.2. The molecular formula is C21H23NO6. The van der Waals surface area contributed by atoms with Crippen molar-refractivity contribution in [1.82, 2.24) is 5.32 Å². The minimum Gasteiger partial charge on any atom is -0.497 e. The van der Waals surface area contributed by atoms with Gasteiger partial charge in [-0.15, -0.1) is 0 Å². The van der Waals surface area contributed by atoms with Gasteiger partial charge in [-0.3, -0.25) is 9.59 Å². The van der Waals surface area contributed by atoms with Crippen LogP contribution in [0, 0.1) is 0 Å². The zero-order chi connectivity index (χ0) is 20.9. The molecule has 0 fully saturated rings. The molecule has 7 nitrogen and oxygen atoms in total. The van der Waals surface area contributed by atoms with E-state index in [0.29, 0.717) is 28.2 Å². The second kappa shape index (κ2) is 8.56. The topological polar surface area (TPSA) is 102 Å². The van der Waals surface area contributed by atoms with E-state index in [1.165, 1.54) is 28.1 Å². The Morgan fingerprint density at radius 3 is 2.18 bits per heavy atom. The van der Waals surface area contributed by atoms with Crippen LogP contribution in [0.4, 0.5) is 0 Å². The molecular weight excluding hydrogens is 362 g/mol. The lowest BCUT2D eigenvalue weighted by Gasteiger charge is -2.27. The van der Waals surface area contributed by atoms with Gasteiger partial charge in [-0.05, 0) is 49.7 Å². The Bertz CT molecular complexity index is 890. The minimum atomic E-state index is -1.63. The van der Waals surface area contributed by atoms with Crippen LogP contribution in [0.25, 0.3) is 0 Å². The van der Waals surface area contributed by atoms with Crippen molar-refractivity contribution in [2.75, 3.05) is 14.2 Å². The van der Waals surface area contributed by atoms with E-state index >= 15 is 0 Å². The average molecular weight is 385 g/mol. The van der Waals surface area contributed by atoms with Crippen LogP contribution in [-0.4, -0.2) is 37.0 Å². The number of aliphatic carboxylic acids is 1. The van der Waals surface area contributed by atoms with Crippen LogP contribution < -0.4 is 14.8 Å². The molecule has 2 rings (SSSR count). The third kappa shape index (κ3) is 4.49. The van der Waals surface area contributed by atoms with Gasteiger partial charge in [-0.25, -0.2) is 4.79 Å². The fourth-order valence-corrected chi connectivity index (χ4v) is 2.81. The van der Waals surface area contributed by atoms with E-state index in [1.807, 2.05) is 0 Å². The van der Waals surface area contributed by atoms with E-state index in [-0.39, 0.29) is 12.2 Å². The zero-order valence-corrected chi connectivity index (χ0v) is 16.2. The standard InChI is InChI=1S/C21H23NO6/c1-13(23)14-5-10-18(28-4)15(11-14)12-19(24)22-21(2,20(25)26)16-6-8-17(27-3)9-7-16/h5-11H,12H2,1-4H3,(H,22,24)(H,25,26)/t21-/m1/s1. The molecule has 7 heteroatoms. The fourth-order valence-electron chi connectivity index (χ4n) is 2.81. The number of ketones is 1. The van der Waals surface area contributed by atoms with Crippen LogP contribution >= 0.6 is 0 Å². The highest BCUT2D eigenvalue weighted by molar-refractivity contribution is 5.95. The number of carbonyl (C=O) groups is 3. The predicted octanol–water partition coefficient (Wildman–Crippen LogP) is 2.57. The number of methoxy groups -OCH3 is 2. The number of carboxylic acid groups (broad SMARTS) is 1. The molecule has 0 spiro atoms. The smallest absolute Gasteiger partial charge is 0.333 e. The second-order valence-corrected chi connectivity index (χ2v) is 6.47.